The van der Waals surface area contributed by atoms with Crippen molar-refractivity contribution in [1.29, 1.82) is 0 Å². The number of hydrogen-bond acceptors (Lipinski definition) is 4. The normalized spacial score (nSPS) is 14.5. The van der Waals surface area contributed by atoms with E-state index in [9.17, 15) is 23.2 Å². The Morgan fingerprint density at radius 2 is 1.84 bits per heavy atom. The molecule has 0 saturated carbocycles. The minimum Gasteiger partial charge on any atom is -0.449 e. The maximum Gasteiger partial charge on any atom is 0.409 e. The number of rotatable bonds is 6. The van der Waals surface area contributed by atoms with Crippen molar-refractivity contribution in [3.05, 3.63) is 58.9 Å². The highest BCUT2D eigenvalue weighted by molar-refractivity contribution is 6.10. The summed E-state index contributed by atoms with van der Waals surface area (Å²) in [6.07, 6.45) is 2.02. The maximum absolute atomic E-state index is 13.8. The van der Waals surface area contributed by atoms with E-state index in [1.54, 1.807) is 4.90 Å². The Balaban J connectivity index is 1.55. The van der Waals surface area contributed by atoms with E-state index in [2.05, 4.69) is 10.3 Å². The molecule has 2 heterocycles. The molecule has 1 aliphatic heterocycles. The van der Waals surface area contributed by atoms with Gasteiger partial charge < -0.3 is 19.9 Å². The van der Waals surface area contributed by atoms with Gasteiger partial charge in [-0.15, -0.1) is 0 Å². The van der Waals surface area contributed by atoms with E-state index in [1.165, 1.54) is 18.3 Å². The Bertz CT molecular complexity index is 945. The SMILES string of the molecule is CC(C)COC(=O)N1CCC(NC(=O)c2cc(C(=O)c3c(F)cccc3F)c[nH]2)CC1. The Morgan fingerprint density at radius 1 is 1.19 bits per heavy atom. The van der Waals surface area contributed by atoms with Gasteiger partial charge in [0, 0.05) is 30.9 Å². The lowest BCUT2D eigenvalue weighted by molar-refractivity contribution is 0.0784. The summed E-state index contributed by atoms with van der Waals surface area (Å²) in [5, 5.41) is 2.85. The summed E-state index contributed by atoms with van der Waals surface area (Å²) in [4.78, 5) is 41.2. The predicted molar refractivity (Wildman–Crippen MR) is 109 cm³/mol. The van der Waals surface area contributed by atoms with Gasteiger partial charge >= 0.3 is 6.09 Å². The maximum atomic E-state index is 13.8. The summed E-state index contributed by atoms with van der Waals surface area (Å²) in [7, 11) is 0. The average molecular weight is 433 g/mol. The summed E-state index contributed by atoms with van der Waals surface area (Å²) in [6, 6.07) is 4.30. The minimum absolute atomic E-state index is 0.0168. The molecule has 2 N–H and O–H groups in total. The van der Waals surface area contributed by atoms with Crippen molar-refractivity contribution in [3.63, 3.8) is 0 Å². The van der Waals surface area contributed by atoms with Gasteiger partial charge in [0.2, 0.25) is 0 Å². The highest BCUT2D eigenvalue weighted by atomic mass is 19.1. The van der Waals surface area contributed by atoms with Gasteiger partial charge in [0.05, 0.1) is 12.2 Å². The van der Waals surface area contributed by atoms with E-state index in [0.29, 0.717) is 32.5 Å². The molecule has 0 radical (unpaired) electrons. The number of piperidine rings is 1. The van der Waals surface area contributed by atoms with Crippen LogP contribution in [-0.4, -0.2) is 53.4 Å². The number of nitrogens with zero attached hydrogens (tertiary/aromatic N) is 1. The summed E-state index contributed by atoms with van der Waals surface area (Å²) in [5.41, 5.74) is -0.569. The molecule has 0 unspecified atom stereocenters. The van der Waals surface area contributed by atoms with Crippen LogP contribution in [0.5, 0.6) is 0 Å². The van der Waals surface area contributed by atoms with E-state index in [1.807, 2.05) is 13.8 Å². The molecule has 3 rings (SSSR count). The molecule has 0 spiro atoms. The van der Waals surface area contributed by atoms with Crippen LogP contribution < -0.4 is 5.32 Å². The highest BCUT2D eigenvalue weighted by Crippen LogP contribution is 2.18. The number of hydrogen-bond donors (Lipinski definition) is 2. The van der Waals surface area contributed by atoms with Gasteiger partial charge in [-0.2, -0.15) is 0 Å². The van der Waals surface area contributed by atoms with Gasteiger partial charge in [0.15, 0.2) is 5.78 Å². The van der Waals surface area contributed by atoms with Crippen LogP contribution in [0.3, 0.4) is 0 Å². The molecule has 0 atom stereocenters. The van der Waals surface area contributed by atoms with Crippen molar-refractivity contribution in [2.75, 3.05) is 19.7 Å². The summed E-state index contributed by atoms with van der Waals surface area (Å²) >= 11 is 0. The van der Waals surface area contributed by atoms with Crippen molar-refractivity contribution >= 4 is 17.8 Å². The fraction of sp³-hybridized carbons (Fsp3) is 0.409. The van der Waals surface area contributed by atoms with Crippen molar-refractivity contribution in [2.45, 2.75) is 32.7 Å². The Morgan fingerprint density at radius 3 is 2.45 bits per heavy atom. The lowest BCUT2D eigenvalue weighted by Crippen LogP contribution is -2.46. The number of ketones is 1. The highest BCUT2D eigenvalue weighted by Gasteiger charge is 2.26. The summed E-state index contributed by atoms with van der Waals surface area (Å²) in [6.45, 7) is 5.20. The number of likely N-dealkylation sites (tertiary alicyclic amines) is 1. The van der Waals surface area contributed by atoms with Crippen LogP contribution >= 0.6 is 0 Å². The van der Waals surface area contributed by atoms with Crippen LogP contribution in [0.2, 0.25) is 0 Å². The number of carbonyl (C=O) groups excluding carboxylic acids is 3. The van der Waals surface area contributed by atoms with E-state index < -0.39 is 28.9 Å². The van der Waals surface area contributed by atoms with E-state index in [-0.39, 0.29) is 29.3 Å². The largest absolute Gasteiger partial charge is 0.449 e. The number of nitrogens with one attached hydrogen (secondary N) is 2. The molecule has 2 aromatic rings. The Hall–Kier alpha value is -3.23. The van der Waals surface area contributed by atoms with Gasteiger partial charge in [-0.1, -0.05) is 19.9 Å². The zero-order valence-corrected chi connectivity index (χ0v) is 17.4. The fourth-order valence-corrected chi connectivity index (χ4v) is 3.31. The summed E-state index contributed by atoms with van der Waals surface area (Å²) < 4.78 is 32.9. The molecule has 1 aromatic heterocycles. The minimum atomic E-state index is -0.962. The predicted octanol–water partition coefficient (Wildman–Crippen LogP) is 3.51. The zero-order chi connectivity index (χ0) is 22.5. The molecule has 2 amide bonds. The topological polar surface area (TPSA) is 91.5 Å². The number of benzene rings is 1. The van der Waals surface area contributed by atoms with Gasteiger partial charge in [-0.25, -0.2) is 13.6 Å². The van der Waals surface area contributed by atoms with Crippen molar-refractivity contribution in [2.24, 2.45) is 5.92 Å². The van der Waals surface area contributed by atoms with Gasteiger partial charge in [0.1, 0.15) is 17.3 Å². The number of aromatic amines is 1. The second kappa shape index (κ2) is 9.72. The Kier molecular flexibility index (Phi) is 7.04. The van der Waals surface area contributed by atoms with E-state index in [0.717, 1.165) is 12.1 Å². The smallest absolute Gasteiger partial charge is 0.409 e. The van der Waals surface area contributed by atoms with Gasteiger partial charge in [-0.3, -0.25) is 9.59 Å². The molecule has 9 heteroatoms. The number of aromatic nitrogens is 1. The lowest BCUT2D eigenvalue weighted by atomic mass is 10.0. The number of H-pyrrole nitrogens is 1. The molecule has 7 nitrogen and oxygen atoms in total. The first-order valence-electron chi connectivity index (χ1n) is 10.2. The van der Waals surface area contributed by atoms with Crippen LogP contribution in [0.4, 0.5) is 13.6 Å². The third-order valence-corrected chi connectivity index (χ3v) is 5.01. The van der Waals surface area contributed by atoms with Crippen LogP contribution in [-0.2, 0) is 4.74 Å². The Labute approximate surface area is 178 Å². The second-order valence-electron chi connectivity index (χ2n) is 7.93. The molecule has 1 aliphatic rings. The first kappa shape index (κ1) is 22.5. The molecule has 0 bridgehead atoms. The second-order valence-corrected chi connectivity index (χ2v) is 7.93. The molecule has 0 aliphatic carbocycles. The molecule has 1 aromatic carbocycles. The average Bonchev–Trinajstić information content (AvgIpc) is 3.23. The van der Waals surface area contributed by atoms with Crippen LogP contribution in [0.1, 0.15) is 53.1 Å². The van der Waals surface area contributed by atoms with E-state index in [4.69, 9.17) is 4.74 Å². The quantitative estimate of drug-likeness (QED) is 0.682. The monoisotopic (exact) mass is 433 g/mol. The van der Waals surface area contributed by atoms with Crippen molar-refractivity contribution < 1.29 is 27.9 Å². The van der Waals surface area contributed by atoms with Crippen LogP contribution in [0, 0.1) is 17.6 Å². The lowest BCUT2D eigenvalue weighted by Gasteiger charge is -2.31. The fourth-order valence-electron chi connectivity index (χ4n) is 3.31. The number of carbonyl (C=O) groups is 3. The number of amides is 2. The number of ether oxygens (including phenoxy) is 1. The molecular formula is C22H25F2N3O4. The van der Waals surface area contributed by atoms with E-state index >= 15 is 0 Å². The molecular weight excluding hydrogens is 408 g/mol. The summed E-state index contributed by atoms with van der Waals surface area (Å²) in [5.74, 6) is -2.95. The first-order valence-corrected chi connectivity index (χ1v) is 10.2. The third-order valence-electron chi connectivity index (χ3n) is 5.01. The number of halogens is 2. The van der Waals surface area contributed by atoms with Gasteiger partial charge in [-0.05, 0) is 37.0 Å². The van der Waals surface area contributed by atoms with Crippen molar-refractivity contribution in [3.8, 4) is 0 Å². The first-order chi connectivity index (χ1) is 14.8. The molecule has 1 saturated heterocycles. The standard InChI is InChI=1S/C22H25F2N3O4/c1-13(2)12-31-22(30)27-8-6-15(7-9-27)26-21(29)18-10-14(11-25-18)20(28)19-16(23)4-3-5-17(19)24/h3-5,10-11,13,15,25H,6-9,12H2,1-2H3,(H,26,29). The zero-order valence-electron chi connectivity index (χ0n) is 17.4. The van der Waals surface area contributed by atoms with Crippen LogP contribution in [0.25, 0.3) is 0 Å². The van der Waals surface area contributed by atoms with Crippen molar-refractivity contribution in [1.82, 2.24) is 15.2 Å². The van der Waals surface area contributed by atoms with Gasteiger partial charge in [0.25, 0.3) is 5.91 Å². The molecule has 31 heavy (non-hydrogen) atoms. The third kappa shape index (κ3) is 5.48. The van der Waals surface area contributed by atoms with Crippen LogP contribution in [0.15, 0.2) is 30.5 Å². The molecule has 1 fully saturated rings. The molecule has 166 valence electrons.